The lowest BCUT2D eigenvalue weighted by Gasteiger charge is -2.13. The van der Waals surface area contributed by atoms with Gasteiger partial charge in [-0.3, -0.25) is 0 Å². The highest BCUT2D eigenvalue weighted by molar-refractivity contribution is 6.28. The van der Waals surface area contributed by atoms with E-state index >= 15 is 0 Å². The predicted molar refractivity (Wildman–Crippen MR) is 72.0 cm³/mol. The van der Waals surface area contributed by atoms with E-state index in [2.05, 4.69) is 12.2 Å². The van der Waals surface area contributed by atoms with Crippen molar-refractivity contribution in [3.05, 3.63) is 52.9 Å². The Morgan fingerprint density at radius 1 is 1.22 bits per heavy atom. The molecule has 0 saturated carbocycles. The average molecular weight is 266 g/mol. The standard InChI is InChI=1S/C14H16ClNO2/c1-10(11-3-5-12(17-2)6-4-11)16-9-13-7-8-14(15)18-13/h3-8,10,16H,9H2,1-2H3/t10-/m1/s1. The summed E-state index contributed by atoms with van der Waals surface area (Å²) >= 11 is 5.72. The van der Waals surface area contributed by atoms with Crippen LogP contribution in [-0.4, -0.2) is 7.11 Å². The van der Waals surface area contributed by atoms with Crippen molar-refractivity contribution in [3.8, 4) is 5.75 Å². The van der Waals surface area contributed by atoms with Gasteiger partial charge in [0.05, 0.1) is 13.7 Å². The van der Waals surface area contributed by atoms with Crippen LogP contribution in [0.4, 0.5) is 0 Å². The topological polar surface area (TPSA) is 34.4 Å². The molecule has 1 aromatic heterocycles. The van der Waals surface area contributed by atoms with Gasteiger partial charge in [0.1, 0.15) is 11.5 Å². The quantitative estimate of drug-likeness (QED) is 0.893. The first-order valence-electron chi connectivity index (χ1n) is 5.80. The first-order chi connectivity index (χ1) is 8.69. The molecule has 0 unspecified atom stereocenters. The van der Waals surface area contributed by atoms with Crippen molar-refractivity contribution in [1.29, 1.82) is 0 Å². The smallest absolute Gasteiger partial charge is 0.193 e. The van der Waals surface area contributed by atoms with E-state index in [9.17, 15) is 0 Å². The van der Waals surface area contributed by atoms with Gasteiger partial charge in [0.15, 0.2) is 5.22 Å². The van der Waals surface area contributed by atoms with Crippen LogP contribution in [0.1, 0.15) is 24.3 Å². The lowest BCUT2D eigenvalue weighted by atomic mass is 10.1. The van der Waals surface area contributed by atoms with E-state index in [4.69, 9.17) is 20.8 Å². The van der Waals surface area contributed by atoms with Crippen LogP contribution in [0, 0.1) is 0 Å². The Morgan fingerprint density at radius 2 is 1.94 bits per heavy atom. The van der Waals surface area contributed by atoms with Gasteiger partial charge in [0, 0.05) is 6.04 Å². The second-order valence-electron chi connectivity index (χ2n) is 4.08. The molecule has 0 aliphatic rings. The van der Waals surface area contributed by atoms with E-state index in [-0.39, 0.29) is 6.04 Å². The van der Waals surface area contributed by atoms with Gasteiger partial charge in [-0.15, -0.1) is 0 Å². The molecule has 1 atom stereocenters. The third-order valence-corrected chi connectivity index (χ3v) is 3.03. The fourth-order valence-corrected chi connectivity index (χ4v) is 1.87. The first kappa shape index (κ1) is 13.0. The molecule has 0 spiro atoms. The van der Waals surface area contributed by atoms with E-state index < -0.39 is 0 Å². The molecule has 3 nitrogen and oxygen atoms in total. The second kappa shape index (κ2) is 5.94. The highest BCUT2D eigenvalue weighted by Gasteiger charge is 2.06. The van der Waals surface area contributed by atoms with Crippen LogP contribution in [0.15, 0.2) is 40.8 Å². The average Bonchev–Trinajstić information content (AvgIpc) is 2.82. The third-order valence-electron chi connectivity index (χ3n) is 2.83. The number of nitrogens with one attached hydrogen (secondary N) is 1. The van der Waals surface area contributed by atoms with Crippen molar-refractivity contribution in [2.24, 2.45) is 0 Å². The van der Waals surface area contributed by atoms with Crippen molar-refractivity contribution in [3.63, 3.8) is 0 Å². The minimum atomic E-state index is 0.236. The van der Waals surface area contributed by atoms with Crippen LogP contribution >= 0.6 is 11.6 Å². The summed E-state index contributed by atoms with van der Waals surface area (Å²) in [5.74, 6) is 1.70. The van der Waals surface area contributed by atoms with E-state index in [0.29, 0.717) is 11.8 Å². The number of methoxy groups -OCH3 is 1. The molecular formula is C14H16ClNO2. The number of hydrogen-bond acceptors (Lipinski definition) is 3. The van der Waals surface area contributed by atoms with Gasteiger partial charge < -0.3 is 14.5 Å². The number of benzene rings is 1. The number of furan rings is 1. The first-order valence-corrected chi connectivity index (χ1v) is 6.18. The van der Waals surface area contributed by atoms with Crippen LogP contribution in [0.5, 0.6) is 5.75 Å². The molecule has 1 aromatic carbocycles. The Balaban J connectivity index is 1.92. The zero-order chi connectivity index (χ0) is 13.0. The molecule has 2 rings (SSSR count). The van der Waals surface area contributed by atoms with Gasteiger partial charge in [-0.1, -0.05) is 12.1 Å². The Kier molecular flexibility index (Phi) is 4.28. The van der Waals surface area contributed by atoms with Gasteiger partial charge in [0.25, 0.3) is 0 Å². The van der Waals surface area contributed by atoms with Crippen molar-refractivity contribution >= 4 is 11.6 Å². The lowest BCUT2D eigenvalue weighted by Crippen LogP contribution is -2.17. The van der Waals surface area contributed by atoms with Crippen LogP contribution < -0.4 is 10.1 Å². The van der Waals surface area contributed by atoms with E-state index in [1.807, 2.05) is 30.3 Å². The Bertz CT molecular complexity index is 493. The summed E-state index contributed by atoms with van der Waals surface area (Å²) in [7, 11) is 1.66. The van der Waals surface area contributed by atoms with Crippen molar-refractivity contribution in [1.82, 2.24) is 5.32 Å². The zero-order valence-electron chi connectivity index (χ0n) is 10.4. The summed E-state index contributed by atoms with van der Waals surface area (Å²) in [5, 5.41) is 3.79. The highest BCUT2D eigenvalue weighted by atomic mass is 35.5. The van der Waals surface area contributed by atoms with Crippen LogP contribution in [-0.2, 0) is 6.54 Å². The minimum Gasteiger partial charge on any atom is -0.497 e. The summed E-state index contributed by atoms with van der Waals surface area (Å²) < 4.78 is 10.4. The summed E-state index contributed by atoms with van der Waals surface area (Å²) in [5.41, 5.74) is 1.20. The molecule has 96 valence electrons. The SMILES string of the molecule is COc1ccc([C@@H](C)NCc2ccc(Cl)o2)cc1. The Morgan fingerprint density at radius 3 is 2.50 bits per heavy atom. The maximum absolute atomic E-state index is 5.72. The van der Waals surface area contributed by atoms with Crippen LogP contribution in [0.2, 0.25) is 5.22 Å². The van der Waals surface area contributed by atoms with Crippen molar-refractivity contribution in [2.75, 3.05) is 7.11 Å². The minimum absolute atomic E-state index is 0.236. The molecule has 1 heterocycles. The molecule has 2 aromatic rings. The normalized spacial score (nSPS) is 12.4. The predicted octanol–water partition coefficient (Wildman–Crippen LogP) is 3.79. The van der Waals surface area contributed by atoms with Crippen molar-refractivity contribution in [2.45, 2.75) is 19.5 Å². The van der Waals surface area contributed by atoms with E-state index in [0.717, 1.165) is 11.5 Å². The molecule has 0 bridgehead atoms. The summed E-state index contributed by atoms with van der Waals surface area (Å²) in [6, 6.07) is 11.9. The number of ether oxygens (including phenoxy) is 1. The maximum atomic E-state index is 5.72. The fraction of sp³-hybridized carbons (Fsp3) is 0.286. The molecule has 0 aliphatic carbocycles. The van der Waals surface area contributed by atoms with Crippen LogP contribution in [0.3, 0.4) is 0 Å². The van der Waals surface area contributed by atoms with Gasteiger partial charge in [-0.25, -0.2) is 0 Å². The van der Waals surface area contributed by atoms with Gasteiger partial charge in [0.2, 0.25) is 0 Å². The van der Waals surface area contributed by atoms with Crippen molar-refractivity contribution < 1.29 is 9.15 Å². The number of hydrogen-bond donors (Lipinski definition) is 1. The molecule has 18 heavy (non-hydrogen) atoms. The lowest BCUT2D eigenvalue weighted by molar-refractivity contribution is 0.414. The molecule has 0 radical (unpaired) electrons. The highest BCUT2D eigenvalue weighted by Crippen LogP contribution is 2.18. The zero-order valence-corrected chi connectivity index (χ0v) is 11.2. The number of halogens is 1. The molecule has 0 amide bonds. The van der Waals surface area contributed by atoms with Gasteiger partial charge in [-0.05, 0) is 48.4 Å². The number of rotatable bonds is 5. The monoisotopic (exact) mass is 265 g/mol. The third kappa shape index (κ3) is 3.28. The Hall–Kier alpha value is -1.45. The molecular weight excluding hydrogens is 250 g/mol. The Labute approximate surface area is 112 Å². The molecule has 1 N–H and O–H groups in total. The summed E-state index contributed by atoms with van der Waals surface area (Å²) in [6.45, 7) is 2.76. The van der Waals surface area contributed by atoms with E-state index in [1.54, 1.807) is 13.2 Å². The maximum Gasteiger partial charge on any atom is 0.193 e. The second-order valence-corrected chi connectivity index (χ2v) is 4.45. The summed E-state index contributed by atoms with van der Waals surface area (Å²) in [6.07, 6.45) is 0. The molecule has 0 saturated heterocycles. The van der Waals surface area contributed by atoms with Crippen LogP contribution in [0.25, 0.3) is 0 Å². The molecule has 0 aliphatic heterocycles. The largest absolute Gasteiger partial charge is 0.497 e. The summed E-state index contributed by atoms with van der Waals surface area (Å²) in [4.78, 5) is 0. The van der Waals surface area contributed by atoms with Gasteiger partial charge in [-0.2, -0.15) is 0 Å². The molecule has 0 fully saturated rings. The van der Waals surface area contributed by atoms with E-state index in [1.165, 1.54) is 5.56 Å². The van der Waals surface area contributed by atoms with Gasteiger partial charge >= 0.3 is 0 Å². The molecule has 4 heteroatoms. The fourth-order valence-electron chi connectivity index (χ4n) is 1.71.